The molecule has 8 heteroatoms. The van der Waals surface area contributed by atoms with Gasteiger partial charge in [0.15, 0.2) is 0 Å². The molecule has 1 fully saturated rings. The van der Waals surface area contributed by atoms with Crippen molar-refractivity contribution in [3.05, 3.63) is 99.5 Å². The molecular formula is C27H22BrNO6. The maximum absolute atomic E-state index is 13.2. The van der Waals surface area contributed by atoms with Gasteiger partial charge in [0.2, 0.25) is 0 Å². The summed E-state index contributed by atoms with van der Waals surface area (Å²) in [5.74, 6) is -1.74. The lowest BCUT2D eigenvalue weighted by atomic mass is 9.95. The highest BCUT2D eigenvalue weighted by Gasteiger charge is 2.47. The number of nitrogens with zero attached hydrogens (tertiary/aromatic N) is 1. The molecule has 1 heterocycles. The van der Waals surface area contributed by atoms with Crippen LogP contribution < -0.4 is 9.64 Å². The van der Waals surface area contributed by atoms with Crippen molar-refractivity contribution in [2.75, 3.05) is 18.6 Å². The third-order valence-corrected chi connectivity index (χ3v) is 6.18. The number of amides is 1. The molecule has 1 aliphatic rings. The Hall–Kier alpha value is -3.91. The monoisotopic (exact) mass is 535 g/mol. The topological polar surface area (TPSA) is 93.1 Å². The Kier molecular flexibility index (Phi) is 7.02. The fourth-order valence-corrected chi connectivity index (χ4v) is 4.20. The van der Waals surface area contributed by atoms with Gasteiger partial charge < -0.3 is 14.6 Å². The summed E-state index contributed by atoms with van der Waals surface area (Å²) in [6.07, 6.45) is 0. The Morgan fingerprint density at radius 2 is 1.54 bits per heavy atom. The smallest absolute Gasteiger partial charge is 0.338 e. The van der Waals surface area contributed by atoms with Crippen molar-refractivity contribution in [2.45, 2.75) is 13.0 Å². The number of aliphatic hydroxyl groups excluding tert-OH is 1. The van der Waals surface area contributed by atoms with Crippen molar-refractivity contribution in [1.29, 1.82) is 0 Å². The molecular weight excluding hydrogens is 514 g/mol. The van der Waals surface area contributed by atoms with Gasteiger partial charge in [-0.1, -0.05) is 40.2 Å². The van der Waals surface area contributed by atoms with E-state index in [-0.39, 0.29) is 17.9 Å². The molecule has 7 nitrogen and oxygen atoms in total. The van der Waals surface area contributed by atoms with Crippen molar-refractivity contribution in [1.82, 2.24) is 0 Å². The van der Waals surface area contributed by atoms with Crippen LogP contribution in [0, 0.1) is 0 Å². The van der Waals surface area contributed by atoms with Crippen LogP contribution in [0.4, 0.5) is 5.69 Å². The number of hydrogen-bond donors (Lipinski definition) is 1. The third-order valence-electron chi connectivity index (χ3n) is 5.65. The number of carbonyl (C=O) groups is 3. The number of Topliss-reactive ketones (excluding diaryl/α,β-unsaturated/α-hetero) is 1. The Balaban J connectivity index is 1.85. The molecule has 1 unspecified atom stereocenters. The molecule has 1 aliphatic heterocycles. The number of benzene rings is 3. The van der Waals surface area contributed by atoms with Gasteiger partial charge in [0.1, 0.15) is 11.5 Å². The van der Waals surface area contributed by atoms with E-state index in [9.17, 15) is 19.5 Å². The largest absolute Gasteiger partial charge is 0.507 e. The number of halogens is 1. The van der Waals surface area contributed by atoms with Gasteiger partial charge in [0.05, 0.1) is 30.9 Å². The van der Waals surface area contributed by atoms with E-state index >= 15 is 0 Å². The zero-order chi connectivity index (χ0) is 25.1. The van der Waals surface area contributed by atoms with E-state index in [0.717, 1.165) is 4.47 Å². The molecule has 0 bridgehead atoms. The number of methoxy groups -OCH3 is 1. The minimum Gasteiger partial charge on any atom is -0.507 e. The van der Waals surface area contributed by atoms with Crippen LogP contribution in [0.15, 0.2) is 82.8 Å². The maximum atomic E-state index is 13.2. The lowest BCUT2D eigenvalue weighted by Gasteiger charge is -2.25. The lowest BCUT2D eigenvalue weighted by Crippen LogP contribution is -2.29. The van der Waals surface area contributed by atoms with Crippen molar-refractivity contribution in [2.24, 2.45) is 0 Å². The molecule has 1 N–H and O–H groups in total. The summed E-state index contributed by atoms with van der Waals surface area (Å²) in [6, 6.07) is 19.0. The van der Waals surface area contributed by atoms with Crippen LogP contribution in [0.2, 0.25) is 0 Å². The van der Waals surface area contributed by atoms with E-state index in [0.29, 0.717) is 28.1 Å². The molecule has 4 rings (SSSR count). The first-order valence-corrected chi connectivity index (χ1v) is 11.6. The van der Waals surface area contributed by atoms with Crippen LogP contribution in [0.5, 0.6) is 5.75 Å². The first-order valence-electron chi connectivity index (χ1n) is 10.8. The normalized spacial score (nSPS) is 16.9. The van der Waals surface area contributed by atoms with Gasteiger partial charge in [0, 0.05) is 15.7 Å². The van der Waals surface area contributed by atoms with Crippen LogP contribution >= 0.6 is 15.9 Å². The summed E-state index contributed by atoms with van der Waals surface area (Å²) < 4.78 is 11.1. The highest BCUT2D eigenvalue weighted by atomic mass is 79.9. The third kappa shape index (κ3) is 4.70. The highest BCUT2D eigenvalue weighted by Crippen LogP contribution is 2.42. The first kappa shape index (κ1) is 24.2. The van der Waals surface area contributed by atoms with Crippen LogP contribution in [0.3, 0.4) is 0 Å². The highest BCUT2D eigenvalue weighted by molar-refractivity contribution is 9.10. The first-order chi connectivity index (χ1) is 16.8. The molecule has 0 aromatic heterocycles. The number of esters is 1. The Morgan fingerprint density at radius 1 is 0.943 bits per heavy atom. The second kappa shape index (κ2) is 10.1. The number of rotatable bonds is 6. The summed E-state index contributed by atoms with van der Waals surface area (Å²) in [4.78, 5) is 39.8. The zero-order valence-electron chi connectivity index (χ0n) is 19.0. The van der Waals surface area contributed by atoms with Crippen molar-refractivity contribution < 1.29 is 29.0 Å². The fourth-order valence-electron chi connectivity index (χ4n) is 3.94. The molecule has 0 aliphatic carbocycles. The molecule has 0 saturated carbocycles. The van der Waals surface area contributed by atoms with Crippen molar-refractivity contribution in [3.63, 3.8) is 0 Å². The summed E-state index contributed by atoms with van der Waals surface area (Å²) in [5.41, 5.74) is 1.70. The van der Waals surface area contributed by atoms with Crippen LogP contribution in [0.25, 0.3) is 5.76 Å². The van der Waals surface area contributed by atoms with Gasteiger partial charge in [-0.2, -0.15) is 0 Å². The predicted octanol–water partition coefficient (Wildman–Crippen LogP) is 5.26. The predicted molar refractivity (Wildman–Crippen MR) is 134 cm³/mol. The summed E-state index contributed by atoms with van der Waals surface area (Å²) in [7, 11) is 1.54. The SMILES string of the molecule is CCOC(=O)c1ccc(N2C(=O)C(=O)/C(=C(/O)c3ccc(Br)cc3)C2c2ccc(OC)cc2)cc1. The van der Waals surface area contributed by atoms with E-state index in [1.165, 1.54) is 17.0 Å². The molecule has 3 aromatic rings. The van der Waals surface area contributed by atoms with E-state index in [4.69, 9.17) is 9.47 Å². The van der Waals surface area contributed by atoms with Crippen molar-refractivity contribution >= 4 is 45.0 Å². The number of ketones is 1. The average molecular weight is 536 g/mol. The quantitative estimate of drug-likeness (QED) is 0.200. The maximum Gasteiger partial charge on any atom is 0.338 e. The summed E-state index contributed by atoms with van der Waals surface area (Å²) in [6.45, 7) is 1.95. The molecule has 1 saturated heterocycles. The van der Waals surface area contributed by atoms with Crippen LogP contribution in [-0.2, 0) is 14.3 Å². The van der Waals surface area contributed by atoms with Crippen LogP contribution in [0.1, 0.15) is 34.5 Å². The molecule has 0 spiro atoms. The van der Waals surface area contributed by atoms with Gasteiger partial charge in [0.25, 0.3) is 11.7 Å². The molecule has 1 atom stereocenters. The molecule has 35 heavy (non-hydrogen) atoms. The number of carbonyl (C=O) groups excluding carboxylic acids is 3. The molecule has 0 radical (unpaired) electrons. The van der Waals surface area contributed by atoms with Gasteiger partial charge in [-0.15, -0.1) is 0 Å². The van der Waals surface area contributed by atoms with Crippen LogP contribution in [-0.4, -0.2) is 36.5 Å². The van der Waals surface area contributed by atoms with Gasteiger partial charge in [-0.05, 0) is 61.0 Å². The van der Waals surface area contributed by atoms with Crippen molar-refractivity contribution in [3.8, 4) is 5.75 Å². The van der Waals surface area contributed by atoms with E-state index in [1.807, 2.05) is 0 Å². The summed E-state index contributed by atoms with van der Waals surface area (Å²) >= 11 is 3.36. The Labute approximate surface area is 210 Å². The summed E-state index contributed by atoms with van der Waals surface area (Å²) in [5, 5.41) is 11.2. The second-order valence-electron chi connectivity index (χ2n) is 7.72. The molecule has 3 aromatic carbocycles. The number of ether oxygens (including phenoxy) is 2. The Morgan fingerprint density at radius 3 is 2.11 bits per heavy atom. The second-order valence-corrected chi connectivity index (χ2v) is 8.63. The zero-order valence-corrected chi connectivity index (χ0v) is 20.6. The lowest BCUT2D eigenvalue weighted by molar-refractivity contribution is -0.132. The number of hydrogen-bond acceptors (Lipinski definition) is 6. The van der Waals surface area contributed by atoms with E-state index < -0.39 is 23.7 Å². The molecule has 178 valence electrons. The van der Waals surface area contributed by atoms with Gasteiger partial charge in [-0.3, -0.25) is 14.5 Å². The number of aliphatic hydroxyl groups is 1. The Bertz CT molecular complexity index is 1300. The minimum atomic E-state index is -0.891. The number of anilines is 1. The van der Waals surface area contributed by atoms with E-state index in [2.05, 4.69) is 15.9 Å². The minimum absolute atomic E-state index is 0.0306. The fraction of sp³-hybridized carbons (Fsp3) is 0.148. The standard InChI is InChI=1S/C27H22BrNO6/c1-3-35-27(33)18-6-12-20(13-7-18)29-23(16-8-14-21(34-2)15-9-16)22(25(31)26(29)32)24(30)17-4-10-19(28)11-5-17/h4-15,23,30H,3H2,1-2H3/b24-22+. The molecule has 1 amide bonds. The van der Waals surface area contributed by atoms with Gasteiger partial charge in [-0.25, -0.2) is 4.79 Å². The van der Waals surface area contributed by atoms with E-state index in [1.54, 1.807) is 74.7 Å². The average Bonchev–Trinajstić information content (AvgIpc) is 3.14. The van der Waals surface area contributed by atoms with Gasteiger partial charge >= 0.3 is 5.97 Å².